The third kappa shape index (κ3) is 3.52. The van der Waals surface area contributed by atoms with Gasteiger partial charge in [-0.3, -0.25) is 0 Å². The van der Waals surface area contributed by atoms with Crippen LogP contribution in [0, 0.1) is 25.5 Å². The average Bonchev–Trinajstić information content (AvgIpc) is 2.38. The van der Waals surface area contributed by atoms with Crippen molar-refractivity contribution in [2.24, 2.45) is 5.73 Å². The summed E-state index contributed by atoms with van der Waals surface area (Å²) in [6.07, 6.45) is 0. The van der Waals surface area contributed by atoms with Crippen LogP contribution in [0.4, 0.5) is 14.6 Å². The zero-order valence-corrected chi connectivity index (χ0v) is 12.5. The maximum atomic E-state index is 13.2. The van der Waals surface area contributed by atoms with Crippen LogP contribution < -0.4 is 11.1 Å². The molecule has 0 unspecified atom stereocenters. The molecule has 0 aliphatic rings. The van der Waals surface area contributed by atoms with Crippen LogP contribution in [0.15, 0.2) is 24.3 Å². The molecule has 2 rings (SSSR count). The van der Waals surface area contributed by atoms with Gasteiger partial charge in [0.15, 0.2) is 11.6 Å². The number of hydrogen-bond acceptors (Lipinski definition) is 3. The van der Waals surface area contributed by atoms with Crippen molar-refractivity contribution in [2.75, 3.05) is 5.32 Å². The van der Waals surface area contributed by atoms with Gasteiger partial charge >= 0.3 is 0 Å². The molecule has 6 heteroatoms. The second-order valence-electron chi connectivity index (χ2n) is 4.77. The largest absolute Gasteiger partial charge is 0.389 e. The predicted octanol–water partition coefficient (Wildman–Crippen LogP) is 3.22. The van der Waals surface area contributed by atoms with Gasteiger partial charge in [-0.1, -0.05) is 18.3 Å². The fraction of sp³-hybridized carbons (Fsp3) is 0.200. The molecule has 0 spiro atoms. The molecule has 0 saturated carbocycles. The van der Waals surface area contributed by atoms with Gasteiger partial charge in [0, 0.05) is 12.2 Å². The minimum atomic E-state index is -0.878. The van der Waals surface area contributed by atoms with Gasteiger partial charge in [0.05, 0.1) is 5.56 Å². The summed E-state index contributed by atoms with van der Waals surface area (Å²) >= 11 is 5.04. The van der Waals surface area contributed by atoms with E-state index in [4.69, 9.17) is 18.0 Å². The fourth-order valence-corrected chi connectivity index (χ4v) is 2.37. The lowest BCUT2D eigenvalue weighted by Gasteiger charge is -2.14. The highest BCUT2D eigenvalue weighted by Gasteiger charge is 2.11. The Labute approximate surface area is 127 Å². The van der Waals surface area contributed by atoms with Crippen molar-refractivity contribution in [2.45, 2.75) is 20.4 Å². The van der Waals surface area contributed by atoms with Gasteiger partial charge in [-0.05, 0) is 43.2 Å². The van der Waals surface area contributed by atoms with Crippen molar-refractivity contribution >= 4 is 23.0 Å². The first kappa shape index (κ1) is 15.3. The first-order valence-electron chi connectivity index (χ1n) is 6.34. The van der Waals surface area contributed by atoms with Crippen molar-refractivity contribution in [3.05, 3.63) is 58.3 Å². The summed E-state index contributed by atoms with van der Waals surface area (Å²) in [5, 5.41) is 3.07. The number of benzene rings is 1. The van der Waals surface area contributed by atoms with E-state index in [1.54, 1.807) is 0 Å². The van der Waals surface area contributed by atoms with Gasteiger partial charge in [0.1, 0.15) is 10.8 Å². The van der Waals surface area contributed by atoms with E-state index in [9.17, 15) is 8.78 Å². The van der Waals surface area contributed by atoms with Crippen LogP contribution in [0.1, 0.15) is 22.4 Å². The SMILES string of the molecule is Cc1cc(C)c(C(N)=S)c(NCc2ccc(F)c(F)c2)n1. The first-order valence-corrected chi connectivity index (χ1v) is 6.75. The number of thiocarbonyl (C=S) groups is 1. The molecule has 110 valence electrons. The molecule has 0 aliphatic carbocycles. The van der Waals surface area contributed by atoms with E-state index < -0.39 is 11.6 Å². The van der Waals surface area contributed by atoms with E-state index in [0.29, 0.717) is 23.5 Å². The van der Waals surface area contributed by atoms with Crippen LogP contribution in [-0.2, 0) is 6.54 Å². The standard InChI is InChI=1S/C15H15F2N3S/c1-8-5-9(2)20-15(13(8)14(18)21)19-7-10-3-4-11(16)12(17)6-10/h3-6H,7H2,1-2H3,(H2,18,21)(H,19,20). The quantitative estimate of drug-likeness (QED) is 0.852. The molecule has 1 aromatic heterocycles. The minimum absolute atomic E-state index is 0.243. The van der Waals surface area contributed by atoms with E-state index in [2.05, 4.69) is 10.3 Å². The normalized spacial score (nSPS) is 10.5. The first-order chi connectivity index (χ1) is 9.88. The highest BCUT2D eigenvalue weighted by molar-refractivity contribution is 7.80. The summed E-state index contributed by atoms with van der Waals surface area (Å²) < 4.78 is 26.1. The molecule has 0 atom stereocenters. The molecule has 0 radical (unpaired) electrons. The summed E-state index contributed by atoms with van der Waals surface area (Å²) in [6.45, 7) is 4.05. The molecule has 0 bridgehead atoms. The van der Waals surface area contributed by atoms with Gasteiger partial charge < -0.3 is 11.1 Å². The third-order valence-electron chi connectivity index (χ3n) is 3.04. The Morgan fingerprint density at radius 3 is 2.57 bits per heavy atom. The van der Waals surface area contributed by atoms with E-state index in [-0.39, 0.29) is 4.99 Å². The fourth-order valence-electron chi connectivity index (χ4n) is 2.11. The second-order valence-corrected chi connectivity index (χ2v) is 5.21. The Bertz CT molecular complexity index is 702. The van der Waals surface area contributed by atoms with Crippen LogP contribution >= 0.6 is 12.2 Å². The lowest BCUT2D eigenvalue weighted by Crippen LogP contribution is -2.16. The summed E-state index contributed by atoms with van der Waals surface area (Å²) in [5.41, 5.74) is 8.72. The number of pyridine rings is 1. The van der Waals surface area contributed by atoms with Crippen LogP contribution in [0.25, 0.3) is 0 Å². The van der Waals surface area contributed by atoms with Crippen LogP contribution in [0.2, 0.25) is 0 Å². The highest BCUT2D eigenvalue weighted by Crippen LogP contribution is 2.20. The topological polar surface area (TPSA) is 50.9 Å². The van der Waals surface area contributed by atoms with Crippen molar-refractivity contribution in [3.8, 4) is 0 Å². The molecule has 2 aromatic rings. The maximum absolute atomic E-state index is 13.2. The maximum Gasteiger partial charge on any atom is 0.159 e. The van der Waals surface area contributed by atoms with Crippen molar-refractivity contribution < 1.29 is 8.78 Å². The second kappa shape index (κ2) is 6.13. The summed E-state index contributed by atoms with van der Waals surface area (Å²) in [7, 11) is 0. The summed E-state index contributed by atoms with van der Waals surface area (Å²) in [6, 6.07) is 5.63. The summed E-state index contributed by atoms with van der Waals surface area (Å²) in [4.78, 5) is 4.61. The number of nitrogens with one attached hydrogen (secondary N) is 1. The third-order valence-corrected chi connectivity index (χ3v) is 3.24. The van der Waals surface area contributed by atoms with Crippen molar-refractivity contribution in [1.82, 2.24) is 4.98 Å². The van der Waals surface area contributed by atoms with E-state index in [0.717, 1.165) is 23.4 Å². The predicted molar refractivity (Wildman–Crippen MR) is 83.3 cm³/mol. The van der Waals surface area contributed by atoms with Crippen LogP contribution in [0.5, 0.6) is 0 Å². The van der Waals surface area contributed by atoms with Crippen LogP contribution in [-0.4, -0.2) is 9.97 Å². The van der Waals surface area contributed by atoms with Gasteiger partial charge in [-0.2, -0.15) is 0 Å². The molecular weight excluding hydrogens is 292 g/mol. The molecule has 3 N–H and O–H groups in total. The van der Waals surface area contributed by atoms with Gasteiger partial charge in [-0.25, -0.2) is 13.8 Å². The van der Waals surface area contributed by atoms with Gasteiger partial charge in [0.2, 0.25) is 0 Å². The Morgan fingerprint density at radius 2 is 1.95 bits per heavy atom. The molecule has 0 fully saturated rings. The molecule has 1 aromatic carbocycles. The number of halogens is 2. The Kier molecular flexibility index (Phi) is 4.47. The van der Waals surface area contributed by atoms with E-state index in [1.807, 2.05) is 19.9 Å². The Balaban J connectivity index is 2.27. The molecule has 0 amide bonds. The number of aryl methyl sites for hydroxylation is 2. The lowest BCUT2D eigenvalue weighted by molar-refractivity contribution is 0.507. The minimum Gasteiger partial charge on any atom is -0.389 e. The molecule has 0 aliphatic heterocycles. The zero-order chi connectivity index (χ0) is 15.6. The van der Waals surface area contributed by atoms with Gasteiger partial charge in [-0.15, -0.1) is 0 Å². The average molecular weight is 307 g/mol. The zero-order valence-electron chi connectivity index (χ0n) is 11.7. The van der Waals surface area contributed by atoms with Crippen LogP contribution in [0.3, 0.4) is 0 Å². The van der Waals surface area contributed by atoms with E-state index >= 15 is 0 Å². The number of rotatable bonds is 4. The number of hydrogen-bond donors (Lipinski definition) is 2. The van der Waals surface area contributed by atoms with Gasteiger partial charge in [0.25, 0.3) is 0 Å². The summed E-state index contributed by atoms with van der Waals surface area (Å²) in [5.74, 6) is -1.20. The van der Waals surface area contributed by atoms with Crippen molar-refractivity contribution in [3.63, 3.8) is 0 Å². The smallest absolute Gasteiger partial charge is 0.159 e. The molecule has 0 saturated heterocycles. The molecule has 3 nitrogen and oxygen atoms in total. The molecular formula is C15H15F2N3S. The number of nitrogens with zero attached hydrogens (tertiary/aromatic N) is 1. The number of nitrogens with two attached hydrogens (primary N) is 1. The Hall–Kier alpha value is -2.08. The lowest BCUT2D eigenvalue weighted by atomic mass is 10.1. The number of aromatic nitrogens is 1. The van der Waals surface area contributed by atoms with Crippen molar-refractivity contribution in [1.29, 1.82) is 0 Å². The highest BCUT2D eigenvalue weighted by atomic mass is 32.1. The Morgan fingerprint density at radius 1 is 1.24 bits per heavy atom. The molecule has 21 heavy (non-hydrogen) atoms. The molecule has 1 heterocycles. The monoisotopic (exact) mass is 307 g/mol. The van der Waals surface area contributed by atoms with E-state index in [1.165, 1.54) is 6.07 Å². The number of anilines is 1.